The third-order valence-corrected chi connectivity index (χ3v) is 4.29. The number of carbonyl (C=O) groups is 1. The highest BCUT2D eigenvalue weighted by Gasteiger charge is 2.25. The number of amides is 1. The summed E-state index contributed by atoms with van der Waals surface area (Å²) in [6.45, 7) is 6.61. The molecule has 1 unspecified atom stereocenters. The third kappa shape index (κ3) is 4.01. The highest BCUT2D eigenvalue weighted by molar-refractivity contribution is 9.10. The SMILES string of the molecule is CC(C)N1CCC(CNC(=O)c2c(F)cc(Br)cc2F)C1. The number of hydrogen-bond acceptors (Lipinski definition) is 2. The van der Waals surface area contributed by atoms with E-state index in [1.54, 1.807) is 0 Å². The molecule has 0 saturated carbocycles. The number of nitrogens with zero attached hydrogens (tertiary/aromatic N) is 1. The minimum absolute atomic E-state index is 0.275. The summed E-state index contributed by atoms with van der Waals surface area (Å²) in [6.07, 6.45) is 0.990. The van der Waals surface area contributed by atoms with Crippen molar-refractivity contribution in [2.75, 3.05) is 19.6 Å². The molecule has 1 fully saturated rings. The van der Waals surface area contributed by atoms with Crippen LogP contribution in [0.3, 0.4) is 0 Å². The topological polar surface area (TPSA) is 32.3 Å². The first-order valence-corrected chi connectivity index (χ1v) is 7.84. The summed E-state index contributed by atoms with van der Waals surface area (Å²) in [5.41, 5.74) is -0.517. The van der Waals surface area contributed by atoms with Crippen molar-refractivity contribution in [2.24, 2.45) is 5.92 Å². The molecule has 1 amide bonds. The van der Waals surface area contributed by atoms with Gasteiger partial charge in [-0.15, -0.1) is 0 Å². The number of nitrogens with one attached hydrogen (secondary N) is 1. The number of carbonyl (C=O) groups excluding carboxylic acids is 1. The molecule has 0 aliphatic carbocycles. The van der Waals surface area contributed by atoms with Gasteiger partial charge in [0.2, 0.25) is 0 Å². The Hall–Kier alpha value is -1.01. The summed E-state index contributed by atoms with van der Waals surface area (Å²) in [6, 6.07) is 2.66. The van der Waals surface area contributed by atoms with Crippen LogP contribution in [0.4, 0.5) is 8.78 Å². The molecule has 1 aromatic rings. The second-order valence-electron chi connectivity index (χ2n) is 5.70. The molecule has 1 saturated heterocycles. The van der Waals surface area contributed by atoms with E-state index in [9.17, 15) is 13.6 Å². The van der Waals surface area contributed by atoms with Crippen molar-refractivity contribution in [1.29, 1.82) is 0 Å². The molecule has 0 aromatic heterocycles. The molecule has 1 aliphatic heterocycles. The fraction of sp³-hybridized carbons (Fsp3) is 0.533. The Bertz CT molecular complexity index is 513. The average Bonchev–Trinajstić information content (AvgIpc) is 2.84. The quantitative estimate of drug-likeness (QED) is 0.894. The molecule has 2 rings (SSSR count). The zero-order chi connectivity index (χ0) is 15.6. The van der Waals surface area contributed by atoms with Crippen LogP contribution in [0.2, 0.25) is 0 Å². The van der Waals surface area contributed by atoms with Crippen LogP contribution in [0, 0.1) is 17.6 Å². The van der Waals surface area contributed by atoms with Crippen molar-refractivity contribution in [3.05, 3.63) is 33.8 Å². The average molecular weight is 361 g/mol. The lowest BCUT2D eigenvalue weighted by molar-refractivity contribution is 0.0938. The van der Waals surface area contributed by atoms with Gasteiger partial charge in [-0.1, -0.05) is 15.9 Å². The number of halogens is 3. The van der Waals surface area contributed by atoms with Gasteiger partial charge >= 0.3 is 0 Å². The molecule has 1 N–H and O–H groups in total. The van der Waals surface area contributed by atoms with E-state index in [4.69, 9.17) is 0 Å². The van der Waals surface area contributed by atoms with E-state index in [2.05, 4.69) is 40.0 Å². The molecule has 1 heterocycles. The molecular weight excluding hydrogens is 342 g/mol. The standard InChI is InChI=1S/C15H19BrF2N2O/c1-9(2)20-4-3-10(8-20)7-19-15(21)14-12(17)5-11(16)6-13(14)18/h5-6,9-10H,3-4,7-8H2,1-2H3,(H,19,21). The fourth-order valence-corrected chi connectivity index (χ4v) is 2.98. The molecule has 6 heteroatoms. The van der Waals surface area contributed by atoms with E-state index in [0.29, 0.717) is 18.5 Å². The summed E-state index contributed by atoms with van der Waals surface area (Å²) in [7, 11) is 0. The molecule has 116 valence electrons. The van der Waals surface area contributed by atoms with Crippen molar-refractivity contribution in [2.45, 2.75) is 26.3 Å². The van der Waals surface area contributed by atoms with Gasteiger partial charge in [-0.25, -0.2) is 8.78 Å². The number of hydrogen-bond donors (Lipinski definition) is 1. The van der Waals surface area contributed by atoms with Crippen molar-refractivity contribution in [3.63, 3.8) is 0 Å². The Morgan fingerprint density at radius 3 is 2.57 bits per heavy atom. The second kappa shape index (κ2) is 6.83. The third-order valence-electron chi connectivity index (χ3n) is 3.83. The van der Waals surface area contributed by atoms with Crippen molar-refractivity contribution in [3.8, 4) is 0 Å². The van der Waals surface area contributed by atoms with Crippen LogP contribution >= 0.6 is 15.9 Å². The van der Waals surface area contributed by atoms with Gasteiger partial charge in [-0.2, -0.15) is 0 Å². The van der Waals surface area contributed by atoms with Crippen molar-refractivity contribution < 1.29 is 13.6 Å². The van der Waals surface area contributed by atoms with Crippen LogP contribution < -0.4 is 5.32 Å². The van der Waals surface area contributed by atoms with E-state index in [-0.39, 0.29) is 4.47 Å². The molecule has 0 bridgehead atoms. The summed E-state index contributed by atoms with van der Waals surface area (Å²) in [5.74, 6) is -2.07. The Morgan fingerprint density at radius 1 is 1.43 bits per heavy atom. The smallest absolute Gasteiger partial charge is 0.257 e. The van der Waals surface area contributed by atoms with E-state index < -0.39 is 23.1 Å². The Balaban J connectivity index is 1.94. The highest BCUT2D eigenvalue weighted by atomic mass is 79.9. The maximum absolute atomic E-state index is 13.7. The Labute approximate surface area is 131 Å². The lowest BCUT2D eigenvalue weighted by atomic mass is 10.1. The van der Waals surface area contributed by atoms with Gasteiger partial charge in [0.25, 0.3) is 5.91 Å². The normalized spacial score (nSPS) is 19.2. The van der Waals surface area contributed by atoms with Gasteiger partial charge in [0.1, 0.15) is 17.2 Å². The summed E-state index contributed by atoms with van der Waals surface area (Å²) in [5, 5.41) is 2.64. The maximum atomic E-state index is 13.7. The summed E-state index contributed by atoms with van der Waals surface area (Å²) >= 11 is 2.99. The van der Waals surface area contributed by atoms with Gasteiger partial charge in [0.05, 0.1) is 0 Å². The lowest BCUT2D eigenvalue weighted by Gasteiger charge is -2.20. The second-order valence-corrected chi connectivity index (χ2v) is 6.61. The Morgan fingerprint density at radius 2 is 2.05 bits per heavy atom. The molecule has 21 heavy (non-hydrogen) atoms. The van der Waals surface area contributed by atoms with Gasteiger partial charge < -0.3 is 10.2 Å². The first-order valence-electron chi connectivity index (χ1n) is 7.05. The molecule has 0 radical (unpaired) electrons. The predicted octanol–water partition coefficient (Wildman–Crippen LogP) is 3.19. The minimum Gasteiger partial charge on any atom is -0.352 e. The van der Waals surface area contributed by atoms with Crippen LogP contribution in [0.25, 0.3) is 0 Å². The van der Waals surface area contributed by atoms with Crippen LogP contribution in [0.1, 0.15) is 30.6 Å². The minimum atomic E-state index is -0.852. The van der Waals surface area contributed by atoms with E-state index in [0.717, 1.165) is 31.6 Å². The molecule has 1 aromatic carbocycles. The number of benzene rings is 1. The zero-order valence-electron chi connectivity index (χ0n) is 12.1. The van der Waals surface area contributed by atoms with Crippen LogP contribution in [0.5, 0.6) is 0 Å². The number of rotatable bonds is 4. The molecular formula is C15H19BrF2N2O. The molecule has 1 aliphatic rings. The van der Waals surface area contributed by atoms with Gasteiger partial charge in [0.15, 0.2) is 0 Å². The highest BCUT2D eigenvalue weighted by Crippen LogP contribution is 2.20. The van der Waals surface area contributed by atoms with Gasteiger partial charge in [-0.3, -0.25) is 4.79 Å². The fourth-order valence-electron chi connectivity index (χ4n) is 2.58. The largest absolute Gasteiger partial charge is 0.352 e. The monoisotopic (exact) mass is 360 g/mol. The van der Waals surface area contributed by atoms with E-state index in [1.165, 1.54) is 0 Å². The van der Waals surface area contributed by atoms with E-state index >= 15 is 0 Å². The van der Waals surface area contributed by atoms with Crippen LogP contribution in [-0.4, -0.2) is 36.5 Å². The molecule has 1 atom stereocenters. The van der Waals surface area contributed by atoms with E-state index in [1.807, 2.05) is 0 Å². The van der Waals surface area contributed by atoms with Crippen LogP contribution in [-0.2, 0) is 0 Å². The molecule has 0 spiro atoms. The first kappa shape index (κ1) is 16.4. The zero-order valence-corrected chi connectivity index (χ0v) is 13.7. The van der Waals surface area contributed by atoms with Gasteiger partial charge in [0, 0.05) is 23.6 Å². The van der Waals surface area contributed by atoms with Gasteiger partial charge in [-0.05, 0) is 44.9 Å². The number of likely N-dealkylation sites (tertiary alicyclic amines) is 1. The molecule has 3 nitrogen and oxygen atoms in total. The van der Waals surface area contributed by atoms with Crippen molar-refractivity contribution >= 4 is 21.8 Å². The van der Waals surface area contributed by atoms with Crippen molar-refractivity contribution in [1.82, 2.24) is 10.2 Å². The predicted molar refractivity (Wildman–Crippen MR) is 81.2 cm³/mol. The summed E-state index contributed by atoms with van der Waals surface area (Å²) in [4.78, 5) is 14.3. The maximum Gasteiger partial charge on any atom is 0.257 e. The van der Waals surface area contributed by atoms with Crippen LogP contribution in [0.15, 0.2) is 16.6 Å². The Kier molecular flexibility index (Phi) is 5.32. The first-order chi connectivity index (χ1) is 9.88. The summed E-state index contributed by atoms with van der Waals surface area (Å²) < 4.78 is 27.7. The lowest BCUT2D eigenvalue weighted by Crippen LogP contribution is -2.33.